The summed E-state index contributed by atoms with van der Waals surface area (Å²) in [5, 5.41) is 5.92. The number of nitrogens with zero attached hydrogens (tertiary/aromatic N) is 2. The quantitative estimate of drug-likeness (QED) is 0.394. The maximum Gasteiger partial charge on any atom is 0.452 e. The van der Waals surface area contributed by atoms with Gasteiger partial charge in [-0.05, 0) is 6.04 Å². The molecule has 0 bridgehead atoms. The molecule has 0 spiro atoms. The van der Waals surface area contributed by atoms with Crippen LogP contribution in [0.1, 0.15) is 13.3 Å². The van der Waals surface area contributed by atoms with Crippen molar-refractivity contribution in [1.82, 2.24) is 0 Å². The molecule has 0 heterocycles. The zero-order valence-electron chi connectivity index (χ0n) is 7.65. The van der Waals surface area contributed by atoms with Gasteiger partial charge in [0, 0.05) is 0 Å². The highest BCUT2D eigenvalue weighted by atomic mass is 28.2. The number of rotatable bonds is 3. The third-order valence-corrected chi connectivity index (χ3v) is 2.56. The van der Waals surface area contributed by atoms with Crippen LogP contribution in [0.4, 0.5) is 9.59 Å². The second-order valence-electron chi connectivity index (χ2n) is 2.14. The van der Waals surface area contributed by atoms with Crippen molar-refractivity contribution in [3.63, 3.8) is 0 Å². The molecule has 7 heteroatoms. The zero-order chi connectivity index (χ0) is 10.1. The molecule has 0 fully saturated rings. The van der Waals surface area contributed by atoms with E-state index < -0.39 is 21.9 Å². The minimum atomic E-state index is -0.908. The molecular weight excluding hydrogens is 192 g/mol. The molecule has 0 aromatic carbocycles. The van der Waals surface area contributed by atoms with E-state index in [1.807, 2.05) is 6.92 Å². The van der Waals surface area contributed by atoms with Crippen LogP contribution < -0.4 is 0 Å². The van der Waals surface area contributed by atoms with Crippen molar-refractivity contribution in [2.45, 2.75) is 19.4 Å². The number of carbonyl (C=O) groups is 2. The second-order valence-corrected chi connectivity index (χ2v) is 3.54. The van der Waals surface area contributed by atoms with Gasteiger partial charge in [-0.3, -0.25) is 0 Å². The Labute approximate surface area is 78.3 Å². The van der Waals surface area contributed by atoms with Crippen molar-refractivity contribution in [2.24, 2.45) is 10.2 Å². The summed E-state index contributed by atoms with van der Waals surface area (Å²) in [5.41, 5.74) is 0. The first-order chi connectivity index (χ1) is 6.20. The number of hydrogen-bond acceptors (Lipinski definition) is 4. The Morgan fingerprint density at radius 3 is 2.46 bits per heavy atom. The first kappa shape index (κ1) is 11.8. The molecule has 0 atom stereocenters. The van der Waals surface area contributed by atoms with E-state index in [9.17, 15) is 9.59 Å². The van der Waals surface area contributed by atoms with Crippen LogP contribution in [-0.4, -0.2) is 29.1 Å². The predicted molar refractivity (Wildman–Crippen MR) is 47.4 cm³/mol. The highest BCUT2D eigenvalue weighted by molar-refractivity contribution is 6.30. The molecule has 0 radical (unpaired) electrons. The van der Waals surface area contributed by atoms with Gasteiger partial charge in [-0.1, -0.05) is 23.6 Å². The summed E-state index contributed by atoms with van der Waals surface area (Å²) in [4.78, 5) is 21.0. The fraction of sp³-hybridized carbons (Fsp3) is 0.667. The van der Waals surface area contributed by atoms with E-state index in [2.05, 4.69) is 15.0 Å². The summed E-state index contributed by atoms with van der Waals surface area (Å²) in [6.07, 6.45) is -0.743. The molecule has 0 N–H and O–H groups in total. The molecule has 13 heavy (non-hydrogen) atoms. The third-order valence-electron chi connectivity index (χ3n) is 1.11. The molecule has 0 aliphatic rings. The van der Waals surface area contributed by atoms with Crippen LogP contribution >= 0.6 is 0 Å². The molecular formula is C6H12N2O4Si. The Kier molecular flexibility index (Phi) is 6.70. The van der Waals surface area contributed by atoms with Crippen LogP contribution in [0.25, 0.3) is 0 Å². The van der Waals surface area contributed by atoms with E-state index in [1.165, 1.54) is 0 Å². The Bertz CT molecular complexity index is 207. The largest absolute Gasteiger partial charge is 0.507 e. The van der Waals surface area contributed by atoms with E-state index >= 15 is 0 Å². The van der Waals surface area contributed by atoms with Gasteiger partial charge in [0.1, 0.15) is 0 Å². The Balaban J connectivity index is 3.61. The number of methoxy groups -OCH3 is 1. The monoisotopic (exact) mass is 204 g/mol. The molecule has 0 saturated heterocycles. The van der Waals surface area contributed by atoms with E-state index in [1.54, 1.807) is 0 Å². The van der Waals surface area contributed by atoms with Crippen LogP contribution in [-0.2, 0) is 9.16 Å². The van der Waals surface area contributed by atoms with Crippen molar-refractivity contribution in [3.05, 3.63) is 0 Å². The third kappa shape index (κ3) is 7.13. The summed E-state index contributed by atoms with van der Waals surface area (Å²) in [5.74, 6) is 0. The first-order valence-electron chi connectivity index (χ1n) is 3.87. The standard InChI is InChI=1S/C6H12N2O4Si/c1-3-4-13-12-6(10)8-7-5(9)11-2/h3-4,13H2,1-2H3. The molecule has 0 rings (SSSR count). The number of amides is 2. The van der Waals surface area contributed by atoms with Gasteiger partial charge in [-0.25, -0.2) is 9.59 Å². The van der Waals surface area contributed by atoms with Crippen LogP contribution in [0.15, 0.2) is 10.2 Å². The van der Waals surface area contributed by atoms with Crippen molar-refractivity contribution in [3.8, 4) is 0 Å². The maximum absolute atomic E-state index is 10.7. The molecule has 6 nitrogen and oxygen atoms in total. The lowest BCUT2D eigenvalue weighted by atomic mass is 10.6. The molecule has 0 aliphatic heterocycles. The average molecular weight is 204 g/mol. The summed E-state index contributed by atoms with van der Waals surface area (Å²) in [6.45, 7) is 2.00. The Morgan fingerprint density at radius 1 is 1.31 bits per heavy atom. The highest BCUT2D eigenvalue weighted by Crippen LogP contribution is 1.91. The molecule has 0 aromatic heterocycles. The molecule has 0 aliphatic carbocycles. The van der Waals surface area contributed by atoms with Gasteiger partial charge in [-0.2, -0.15) is 0 Å². The number of carbonyl (C=O) groups excluding carboxylic acids is 2. The number of azo groups is 1. The minimum Gasteiger partial charge on any atom is -0.507 e. The lowest BCUT2D eigenvalue weighted by Crippen LogP contribution is -2.03. The summed E-state index contributed by atoms with van der Waals surface area (Å²) in [6, 6.07) is 0.902. The fourth-order valence-electron chi connectivity index (χ4n) is 0.455. The summed E-state index contributed by atoms with van der Waals surface area (Å²) in [7, 11) is 0.309. The molecule has 74 valence electrons. The Morgan fingerprint density at radius 2 is 1.92 bits per heavy atom. The minimum absolute atomic E-state index is 0.814. The van der Waals surface area contributed by atoms with Gasteiger partial charge in [0.25, 0.3) is 0 Å². The zero-order valence-corrected chi connectivity index (χ0v) is 9.06. The Hall–Kier alpha value is -1.24. The lowest BCUT2D eigenvalue weighted by Gasteiger charge is -1.96. The van der Waals surface area contributed by atoms with Crippen LogP contribution in [0.2, 0.25) is 6.04 Å². The van der Waals surface area contributed by atoms with Crippen molar-refractivity contribution >= 4 is 21.9 Å². The van der Waals surface area contributed by atoms with Crippen molar-refractivity contribution < 1.29 is 18.8 Å². The van der Waals surface area contributed by atoms with Gasteiger partial charge < -0.3 is 9.16 Å². The SMILES string of the molecule is CCC[SiH2]OC(=O)N=NC(=O)OC. The van der Waals surface area contributed by atoms with Gasteiger partial charge >= 0.3 is 12.2 Å². The molecule has 0 aromatic rings. The van der Waals surface area contributed by atoms with Gasteiger partial charge in [0.05, 0.1) is 7.11 Å². The molecule has 0 saturated carbocycles. The topological polar surface area (TPSA) is 77.3 Å². The van der Waals surface area contributed by atoms with E-state index in [0.29, 0.717) is 0 Å². The van der Waals surface area contributed by atoms with E-state index in [4.69, 9.17) is 4.43 Å². The lowest BCUT2D eigenvalue weighted by molar-refractivity contribution is 0.178. The van der Waals surface area contributed by atoms with Crippen LogP contribution in [0, 0.1) is 0 Å². The normalized spacial score (nSPS) is 10.9. The molecule has 2 amide bonds. The van der Waals surface area contributed by atoms with Gasteiger partial charge in [0.2, 0.25) is 9.76 Å². The number of ether oxygens (including phenoxy) is 1. The summed E-state index contributed by atoms with van der Waals surface area (Å²) >= 11 is 0. The fourth-order valence-corrected chi connectivity index (χ4v) is 1.12. The smallest absolute Gasteiger partial charge is 0.452 e. The van der Waals surface area contributed by atoms with Gasteiger partial charge in [0.15, 0.2) is 0 Å². The highest BCUT2D eigenvalue weighted by Gasteiger charge is 2.00. The maximum atomic E-state index is 10.7. The predicted octanol–water partition coefficient (Wildman–Crippen LogP) is 1.25. The van der Waals surface area contributed by atoms with Crippen molar-refractivity contribution in [1.29, 1.82) is 0 Å². The van der Waals surface area contributed by atoms with E-state index in [-0.39, 0.29) is 0 Å². The van der Waals surface area contributed by atoms with Crippen LogP contribution in [0.5, 0.6) is 0 Å². The van der Waals surface area contributed by atoms with Gasteiger partial charge in [-0.15, -0.1) is 0 Å². The van der Waals surface area contributed by atoms with Crippen LogP contribution in [0.3, 0.4) is 0 Å². The first-order valence-corrected chi connectivity index (χ1v) is 5.45. The molecule has 0 unspecified atom stereocenters. The number of hydrogen-bond donors (Lipinski definition) is 0. The van der Waals surface area contributed by atoms with E-state index in [0.717, 1.165) is 19.6 Å². The second kappa shape index (κ2) is 7.41. The average Bonchev–Trinajstić information content (AvgIpc) is 2.14. The summed E-state index contributed by atoms with van der Waals surface area (Å²) < 4.78 is 8.84. The van der Waals surface area contributed by atoms with Crippen molar-refractivity contribution in [2.75, 3.05) is 7.11 Å².